The summed E-state index contributed by atoms with van der Waals surface area (Å²) in [7, 11) is 0. The maximum atomic E-state index is 11.3. The number of nitrogens with one attached hydrogen (secondary N) is 2. The quantitative estimate of drug-likeness (QED) is 0.832. The Hall–Kier alpha value is -1.10. The molecule has 0 atom stereocenters. The zero-order valence-corrected chi connectivity index (χ0v) is 10.9. The van der Waals surface area contributed by atoms with Gasteiger partial charge in [-0.3, -0.25) is 9.78 Å². The zero-order valence-electron chi connectivity index (χ0n) is 8.59. The molecule has 0 saturated carbocycles. The summed E-state index contributed by atoms with van der Waals surface area (Å²) < 4.78 is 0.288. The van der Waals surface area contributed by atoms with Crippen LogP contribution in [0.1, 0.15) is 11.3 Å². The van der Waals surface area contributed by atoms with E-state index < -0.39 is 0 Å². The van der Waals surface area contributed by atoms with Crippen molar-refractivity contribution < 1.29 is 0 Å². The monoisotopic (exact) mass is 286 g/mol. The fourth-order valence-electron chi connectivity index (χ4n) is 1.51. The molecule has 0 fully saturated rings. The molecule has 1 aromatic carbocycles. The lowest BCUT2D eigenvalue weighted by Gasteiger charge is -2.06. The Morgan fingerprint density at radius 1 is 1.18 bits per heavy atom. The molecular weight excluding hydrogens is 279 g/mol. The van der Waals surface area contributed by atoms with Crippen LogP contribution in [0, 0.1) is 4.77 Å². The lowest BCUT2D eigenvalue weighted by molar-refractivity contribution is 0.986. The Balaban J connectivity index is 2.45. The average molecular weight is 287 g/mol. The Morgan fingerprint density at radius 3 is 2.41 bits per heavy atom. The molecule has 0 saturated heterocycles. The van der Waals surface area contributed by atoms with Crippen LogP contribution in [-0.2, 0) is 6.42 Å². The van der Waals surface area contributed by atoms with E-state index in [9.17, 15) is 4.79 Å². The molecule has 0 aliphatic heterocycles. The highest BCUT2D eigenvalue weighted by atomic mass is 35.5. The smallest absolute Gasteiger partial charge is 0.251 e. The van der Waals surface area contributed by atoms with Gasteiger partial charge in [-0.15, -0.1) is 0 Å². The predicted octanol–water partition coefficient (Wildman–Crippen LogP) is 3.33. The van der Waals surface area contributed by atoms with Gasteiger partial charge in [0.15, 0.2) is 4.77 Å². The van der Waals surface area contributed by atoms with Crippen molar-refractivity contribution in [2.75, 3.05) is 0 Å². The lowest BCUT2D eigenvalue weighted by Crippen LogP contribution is -2.09. The topological polar surface area (TPSA) is 48.6 Å². The van der Waals surface area contributed by atoms with Crippen molar-refractivity contribution in [3.63, 3.8) is 0 Å². The molecule has 1 aromatic heterocycles. The molecule has 1 heterocycles. The van der Waals surface area contributed by atoms with Gasteiger partial charge in [0.05, 0.1) is 0 Å². The molecule has 2 N–H and O–H groups in total. The molecule has 6 heteroatoms. The van der Waals surface area contributed by atoms with Gasteiger partial charge in [-0.05, 0) is 29.9 Å². The Bertz CT molecular complexity index is 615. The van der Waals surface area contributed by atoms with Crippen LogP contribution >= 0.6 is 35.4 Å². The van der Waals surface area contributed by atoms with E-state index in [-0.39, 0.29) is 10.3 Å². The Morgan fingerprint density at radius 2 is 1.82 bits per heavy atom. The third-order valence-electron chi connectivity index (χ3n) is 2.25. The third-order valence-corrected chi connectivity index (χ3v) is 3.16. The van der Waals surface area contributed by atoms with Gasteiger partial charge in [0.2, 0.25) is 0 Å². The fourth-order valence-corrected chi connectivity index (χ4v) is 2.27. The Kier molecular flexibility index (Phi) is 3.66. The summed E-state index contributed by atoms with van der Waals surface area (Å²) in [6, 6.07) is 6.72. The van der Waals surface area contributed by atoms with Crippen molar-refractivity contribution in [3.8, 4) is 0 Å². The molecule has 2 aromatic rings. The highest BCUT2D eigenvalue weighted by Crippen LogP contribution is 2.25. The van der Waals surface area contributed by atoms with Crippen LogP contribution in [0.5, 0.6) is 0 Å². The fraction of sp³-hybridized carbons (Fsp3) is 0.0909. The molecule has 0 radical (unpaired) electrons. The van der Waals surface area contributed by atoms with Crippen LogP contribution in [0.2, 0.25) is 10.0 Å². The molecule has 0 unspecified atom stereocenters. The maximum absolute atomic E-state index is 11.3. The van der Waals surface area contributed by atoms with Gasteiger partial charge in [0.1, 0.15) is 0 Å². The molecular formula is C11H8Cl2N2OS. The minimum absolute atomic E-state index is 0.244. The number of aromatic nitrogens is 2. The summed E-state index contributed by atoms with van der Waals surface area (Å²) in [5.41, 5.74) is 1.20. The standard InChI is InChI=1S/C11H8Cl2N2OS/c12-8-2-1-3-9(13)7(8)4-6-5-10(16)15-11(17)14-6/h1-3,5H,4H2,(H2,14,15,16,17). The van der Waals surface area contributed by atoms with E-state index in [2.05, 4.69) is 9.97 Å². The van der Waals surface area contributed by atoms with Crippen molar-refractivity contribution in [1.82, 2.24) is 9.97 Å². The van der Waals surface area contributed by atoms with E-state index in [1.165, 1.54) is 6.07 Å². The van der Waals surface area contributed by atoms with Crippen LogP contribution in [0.15, 0.2) is 29.1 Å². The van der Waals surface area contributed by atoms with Crippen molar-refractivity contribution in [1.29, 1.82) is 0 Å². The van der Waals surface area contributed by atoms with Crippen LogP contribution in [0.25, 0.3) is 0 Å². The summed E-state index contributed by atoms with van der Waals surface area (Å²) in [6.07, 6.45) is 0.437. The largest absolute Gasteiger partial charge is 0.336 e. The second-order valence-electron chi connectivity index (χ2n) is 3.49. The minimum Gasteiger partial charge on any atom is -0.336 e. The SMILES string of the molecule is O=c1cc(Cc2c(Cl)cccc2Cl)[nH]c(=S)[nH]1. The molecule has 17 heavy (non-hydrogen) atoms. The molecule has 88 valence electrons. The first-order valence-electron chi connectivity index (χ1n) is 4.81. The van der Waals surface area contributed by atoms with Crippen molar-refractivity contribution in [2.24, 2.45) is 0 Å². The van der Waals surface area contributed by atoms with Crippen LogP contribution in [-0.4, -0.2) is 9.97 Å². The molecule has 0 aliphatic carbocycles. The van der Waals surface area contributed by atoms with Gasteiger partial charge >= 0.3 is 0 Å². The van der Waals surface area contributed by atoms with Crippen molar-refractivity contribution in [3.05, 3.63) is 60.7 Å². The van der Waals surface area contributed by atoms with E-state index in [4.69, 9.17) is 35.4 Å². The molecule has 0 bridgehead atoms. The highest BCUT2D eigenvalue weighted by molar-refractivity contribution is 7.71. The second-order valence-corrected chi connectivity index (χ2v) is 4.71. The summed E-state index contributed by atoms with van der Waals surface area (Å²) in [5.74, 6) is 0. The number of H-pyrrole nitrogens is 2. The lowest BCUT2D eigenvalue weighted by atomic mass is 10.1. The van der Waals surface area contributed by atoms with E-state index in [1.807, 2.05) is 0 Å². The van der Waals surface area contributed by atoms with E-state index in [0.29, 0.717) is 22.2 Å². The van der Waals surface area contributed by atoms with Gasteiger partial charge in [0, 0.05) is 28.2 Å². The van der Waals surface area contributed by atoms with Crippen molar-refractivity contribution in [2.45, 2.75) is 6.42 Å². The highest BCUT2D eigenvalue weighted by Gasteiger charge is 2.07. The second kappa shape index (κ2) is 5.04. The summed E-state index contributed by atoms with van der Waals surface area (Å²) in [6.45, 7) is 0. The minimum atomic E-state index is -0.244. The average Bonchev–Trinajstić information content (AvgIpc) is 2.22. The van der Waals surface area contributed by atoms with Gasteiger partial charge in [-0.2, -0.15) is 0 Å². The molecule has 0 aliphatic rings. The summed E-state index contributed by atoms with van der Waals surface area (Å²) in [5, 5.41) is 1.13. The third kappa shape index (κ3) is 2.97. The molecule has 2 rings (SSSR count). The zero-order chi connectivity index (χ0) is 12.4. The predicted molar refractivity (Wildman–Crippen MR) is 71.5 cm³/mol. The maximum Gasteiger partial charge on any atom is 0.251 e. The van der Waals surface area contributed by atoms with E-state index in [1.54, 1.807) is 18.2 Å². The van der Waals surface area contributed by atoms with Gasteiger partial charge in [-0.1, -0.05) is 29.3 Å². The number of rotatable bonds is 2. The first-order chi connectivity index (χ1) is 8.06. The number of benzene rings is 1. The number of halogens is 2. The Labute approximate surface area is 112 Å². The number of hydrogen-bond acceptors (Lipinski definition) is 2. The van der Waals surface area contributed by atoms with E-state index >= 15 is 0 Å². The molecule has 3 nitrogen and oxygen atoms in total. The van der Waals surface area contributed by atoms with Gasteiger partial charge < -0.3 is 4.98 Å². The van der Waals surface area contributed by atoms with Crippen molar-refractivity contribution >= 4 is 35.4 Å². The van der Waals surface area contributed by atoms with Gasteiger partial charge in [-0.25, -0.2) is 0 Å². The van der Waals surface area contributed by atoms with Gasteiger partial charge in [0.25, 0.3) is 5.56 Å². The normalized spacial score (nSPS) is 10.5. The number of hydrogen-bond donors (Lipinski definition) is 2. The van der Waals surface area contributed by atoms with E-state index in [0.717, 1.165) is 5.56 Å². The summed E-state index contributed by atoms with van der Waals surface area (Å²) in [4.78, 5) is 16.6. The summed E-state index contributed by atoms with van der Waals surface area (Å²) >= 11 is 17.0. The number of aromatic amines is 2. The first-order valence-corrected chi connectivity index (χ1v) is 5.98. The van der Waals surface area contributed by atoms with Crippen LogP contribution in [0.4, 0.5) is 0 Å². The molecule has 0 spiro atoms. The van der Waals surface area contributed by atoms with Crippen LogP contribution < -0.4 is 5.56 Å². The van der Waals surface area contributed by atoms with Crippen LogP contribution in [0.3, 0.4) is 0 Å². The first kappa shape index (κ1) is 12.4. The molecule has 0 amide bonds.